The van der Waals surface area contributed by atoms with Crippen LogP contribution < -0.4 is 4.18 Å². The van der Waals surface area contributed by atoms with Crippen molar-refractivity contribution in [3.8, 4) is 28.0 Å². The van der Waals surface area contributed by atoms with E-state index in [1.165, 1.54) is 12.1 Å². The molecule has 0 heterocycles. The summed E-state index contributed by atoms with van der Waals surface area (Å²) in [5.41, 5.74) is 1.04. The molecule has 0 amide bonds. The van der Waals surface area contributed by atoms with Crippen molar-refractivity contribution in [1.29, 1.82) is 0 Å². The predicted octanol–water partition coefficient (Wildman–Crippen LogP) is 3.26. The van der Waals surface area contributed by atoms with Gasteiger partial charge in [-0.15, -0.1) is 0 Å². The summed E-state index contributed by atoms with van der Waals surface area (Å²) in [5.74, 6) is -0.0809. The van der Waals surface area contributed by atoms with Gasteiger partial charge in [0.25, 0.3) is 0 Å². The highest BCUT2D eigenvalue weighted by molar-refractivity contribution is 7.86. The van der Waals surface area contributed by atoms with E-state index in [-0.39, 0.29) is 16.9 Å². The summed E-state index contributed by atoms with van der Waals surface area (Å²) in [7, 11) is -8.73. The maximum atomic E-state index is 12.1. The van der Waals surface area contributed by atoms with E-state index < -0.39 is 25.1 Å². The zero-order chi connectivity index (χ0) is 19.7. The Hall–Kier alpha value is -2.68. The molecule has 140 valence electrons. The van der Waals surface area contributed by atoms with E-state index in [1.54, 1.807) is 60.7 Å². The first-order valence-electron chi connectivity index (χ1n) is 7.79. The van der Waals surface area contributed by atoms with Gasteiger partial charge in [0.1, 0.15) is 15.9 Å². The van der Waals surface area contributed by atoms with Gasteiger partial charge in [0.05, 0.1) is 11.2 Å². The monoisotopic (exact) mass is 403 g/mol. The molecule has 0 unspecified atom stereocenters. The van der Waals surface area contributed by atoms with Crippen LogP contribution in [0.15, 0.2) is 77.7 Å². The zero-order valence-electron chi connectivity index (χ0n) is 14.2. The van der Waals surface area contributed by atoms with Gasteiger partial charge in [-0.3, -0.25) is 0 Å². The van der Waals surface area contributed by atoms with Crippen LogP contribution in [-0.2, 0) is 20.2 Å². The summed E-state index contributed by atoms with van der Waals surface area (Å²) in [5, 5.41) is 0. The van der Waals surface area contributed by atoms with Crippen molar-refractivity contribution < 1.29 is 25.6 Å². The van der Waals surface area contributed by atoms with Crippen LogP contribution in [0.1, 0.15) is 0 Å². The Bertz CT molecular complexity index is 1110. The summed E-state index contributed by atoms with van der Waals surface area (Å²) >= 11 is 0. The fourth-order valence-corrected chi connectivity index (χ4v) is 4.10. The van der Waals surface area contributed by atoms with Gasteiger partial charge in [-0.2, -0.15) is 8.42 Å². The van der Waals surface area contributed by atoms with E-state index in [4.69, 9.17) is 4.18 Å². The van der Waals surface area contributed by atoms with E-state index in [0.717, 1.165) is 6.26 Å². The van der Waals surface area contributed by atoms with Crippen LogP contribution in [0.5, 0.6) is 5.75 Å². The second-order valence-electron chi connectivity index (χ2n) is 5.82. The van der Waals surface area contributed by atoms with Crippen molar-refractivity contribution in [3.05, 3.63) is 72.8 Å². The molecule has 8 heteroatoms. The van der Waals surface area contributed by atoms with Crippen LogP contribution in [0, 0.1) is 0 Å². The lowest BCUT2D eigenvalue weighted by molar-refractivity contribution is 0.463. The van der Waals surface area contributed by atoms with E-state index in [1.807, 2.05) is 0 Å². The first-order chi connectivity index (χ1) is 12.6. The maximum absolute atomic E-state index is 12.1. The van der Waals surface area contributed by atoms with Crippen molar-refractivity contribution in [3.63, 3.8) is 0 Å². The zero-order valence-corrected chi connectivity index (χ0v) is 15.8. The van der Waals surface area contributed by atoms with Crippen LogP contribution in [0.2, 0.25) is 0 Å². The first kappa shape index (κ1) is 19.1. The quantitative estimate of drug-likeness (QED) is 0.479. The Balaban J connectivity index is 2.42. The largest absolute Gasteiger partial charge is 0.744 e. The molecule has 0 aliphatic carbocycles. The average molecular weight is 403 g/mol. The van der Waals surface area contributed by atoms with Crippen molar-refractivity contribution in [2.24, 2.45) is 0 Å². The highest BCUT2D eigenvalue weighted by atomic mass is 32.2. The van der Waals surface area contributed by atoms with E-state index in [9.17, 15) is 21.4 Å². The Kier molecular flexibility index (Phi) is 5.05. The standard InChI is InChI=1S/C19H16O6S2/c1-26(20,21)25-16-12-17(14-8-4-2-5-9-14)19(27(22,23)24)18(13-16)15-10-6-3-7-11-15/h2-13H,1H3,(H,22,23,24)/p-1. The molecular formula is C19H15O6S2-. The molecular weight excluding hydrogens is 388 g/mol. The Morgan fingerprint density at radius 2 is 1.15 bits per heavy atom. The maximum Gasteiger partial charge on any atom is 0.306 e. The van der Waals surface area contributed by atoms with Crippen LogP contribution in [-0.4, -0.2) is 27.6 Å². The van der Waals surface area contributed by atoms with Crippen molar-refractivity contribution in [2.75, 3.05) is 6.26 Å². The second kappa shape index (κ2) is 7.15. The van der Waals surface area contributed by atoms with Crippen LogP contribution in [0.25, 0.3) is 22.3 Å². The molecule has 0 saturated heterocycles. The van der Waals surface area contributed by atoms with Crippen molar-refractivity contribution in [2.45, 2.75) is 4.90 Å². The lowest BCUT2D eigenvalue weighted by atomic mass is 9.98. The topological polar surface area (TPSA) is 101 Å². The predicted molar refractivity (Wildman–Crippen MR) is 101 cm³/mol. The molecule has 0 fully saturated rings. The number of rotatable bonds is 5. The second-order valence-corrected chi connectivity index (χ2v) is 8.71. The van der Waals surface area contributed by atoms with Crippen molar-refractivity contribution >= 4 is 20.2 Å². The minimum Gasteiger partial charge on any atom is -0.744 e. The molecule has 0 bridgehead atoms. The molecule has 0 aliphatic heterocycles. The molecule has 3 aromatic carbocycles. The molecule has 6 nitrogen and oxygen atoms in total. The van der Waals surface area contributed by atoms with E-state index in [2.05, 4.69) is 0 Å². The first-order valence-corrected chi connectivity index (χ1v) is 11.0. The summed E-state index contributed by atoms with van der Waals surface area (Å²) in [6.45, 7) is 0. The smallest absolute Gasteiger partial charge is 0.306 e. The van der Waals surface area contributed by atoms with Gasteiger partial charge in [0.2, 0.25) is 0 Å². The minimum absolute atomic E-state index is 0.0746. The highest BCUT2D eigenvalue weighted by Crippen LogP contribution is 2.39. The Morgan fingerprint density at radius 3 is 1.48 bits per heavy atom. The molecule has 0 aromatic heterocycles. The SMILES string of the molecule is CS(=O)(=O)Oc1cc(-c2ccccc2)c(S(=O)(=O)[O-])c(-c2ccccc2)c1. The number of hydrogen-bond donors (Lipinski definition) is 0. The lowest BCUT2D eigenvalue weighted by Crippen LogP contribution is -2.09. The van der Waals surface area contributed by atoms with Crippen LogP contribution in [0.4, 0.5) is 0 Å². The third-order valence-electron chi connectivity index (χ3n) is 3.73. The van der Waals surface area contributed by atoms with E-state index in [0.29, 0.717) is 11.1 Å². The summed E-state index contributed by atoms with van der Waals surface area (Å²) in [6.07, 6.45) is 0.885. The molecule has 0 atom stereocenters. The normalized spacial score (nSPS) is 11.9. The Labute approximate surface area is 157 Å². The molecule has 0 radical (unpaired) electrons. The molecule has 0 saturated carbocycles. The molecule has 0 aliphatic rings. The van der Waals surface area contributed by atoms with Gasteiger partial charge in [-0.05, 0) is 23.3 Å². The van der Waals surface area contributed by atoms with Gasteiger partial charge in [-0.25, -0.2) is 8.42 Å². The molecule has 27 heavy (non-hydrogen) atoms. The summed E-state index contributed by atoms with van der Waals surface area (Å²) in [6, 6.07) is 19.2. The van der Waals surface area contributed by atoms with Crippen LogP contribution in [0.3, 0.4) is 0 Å². The van der Waals surface area contributed by atoms with E-state index >= 15 is 0 Å². The minimum atomic E-state index is -4.88. The molecule has 0 N–H and O–H groups in total. The van der Waals surface area contributed by atoms with Gasteiger partial charge in [0, 0.05) is 11.1 Å². The molecule has 3 aromatic rings. The summed E-state index contributed by atoms with van der Waals surface area (Å²) in [4.78, 5) is -0.430. The van der Waals surface area contributed by atoms with Crippen molar-refractivity contribution in [1.82, 2.24) is 0 Å². The van der Waals surface area contributed by atoms with Gasteiger partial charge < -0.3 is 8.74 Å². The summed E-state index contributed by atoms with van der Waals surface area (Å²) < 4.78 is 64.4. The van der Waals surface area contributed by atoms with Gasteiger partial charge in [0.15, 0.2) is 0 Å². The third-order valence-corrected chi connectivity index (χ3v) is 5.16. The lowest BCUT2D eigenvalue weighted by Gasteiger charge is -2.20. The number of benzene rings is 3. The van der Waals surface area contributed by atoms with Gasteiger partial charge >= 0.3 is 10.1 Å². The average Bonchev–Trinajstić information content (AvgIpc) is 2.60. The number of hydrogen-bond acceptors (Lipinski definition) is 6. The van der Waals surface area contributed by atoms with Crippen LogP contribution >= 0.6 is 0 Å². The molecule has 0 spiro atoms. The van der Waals surface area contributed by atoms with Gasteiger partial charge in [-0.1, -0.05) is 60.7 Å². The fourth-order valence-electron chi connectivity index (χ4n) is 2.76. The third kappa shape index (κ3) is 4.54. The Morgan fingerprint density at radius 1 is 0.741 bits per heavy atom. The fraction of sp³-hybridized carbons (Fsp3) is 0.0526. The highest BCUT2D eigenvalue weighted by Gasteiger charge is 2.21. The molecule has 3 rings (SSSR count).